The summed E-state index contributed by atoms with van der Waals surface area (Å²) in [6.45, 7) is 0.802. The fourth-order valence-electron chi connectivity index (χ4n) is 2.52. The third kappa shape index (κ3) is 4.66. The molecule has 1 aromatic heterocycles. The average Bonchev–Trinajstić information content (AvgIpc) is 2.69. The number of benzene rings is 2. The highest BCUT2D eigenvalue weighted by atomic mass is 19.1. The van der Waals surface area contributed by atoms with Gasteiger partial charge in [-0.25, -0.2) is 9.07 Å². The van der Waals surface area contributed by atoms with Gasteiger partial charge in [0.25, 0.3) is 5.56 Å². The van der Waals surface area contributed by atoms with E-state index in [9.17, 15) is 14.0 Å². The van der Waals surface area contributed by atoms with Gasteiger partial charge in [0, 0.05) is 13.5 Å². The second-order valence-corrected chi connectivity index (χ2v) is 6.00. The van der Waals surface area contributed by atoms with Crippen molar-refractivity contribution >= 4 is 16.8 Å². The summed E-state index contributed by atoms with van der Waals surface area (Å²) < 4.78 is 19.5. The molecule has 0 radical (unpaired) electrons. The predicted molar refractivity (Wildman–Crippen MR) is 97.9 cm³/mol. The van der Waals surface area contributed by atoms with Crippen molar-refractivity contribution < 1.29 is 13.9 Å². The van der Waals surface area contributed by atoms with Crippen molar-refractivity contribution in [3.05, 3.63) is 64.7 Å². The van der Waals surface area contributed by atoms with E-state index in [-0.39, 0.29) is 36.9 Å². The lowest BCUT2D eigenvalue weighted by Gasteiger charge is -2.17. The number of nitrogens with zero attached hydrogens (tertiary/aromatic N) is 4. The maximum Gasteiger partial charge on any atom is 0.277 e. The summed E-state index contributed by atoms with van der Waals surface area (Å²) in [7, 11) is 1.66. The molecule has 140 valence electrons. The molecule has 0 aliphatic carbocycles. The van der Waals surface area contributed by atoms with Gasteiger partial charge in [-0.1, -0.05) is 17.3 Å². The van der Waals surface area contributed by atoms with Gasteiger partial charge in [0.05, 0.1) is 18.5 Å². The molecule has 27 heavy (non-hydrogen) atoms. The van der Waals surface area contributed by atoms with Crippen LogP contribution in [0.1, 0.15) is 6.42 Å². The van der Waals surface area contributed by atoms with E-state index < -0.39 is 0 Å². The van der Waals surface area contributed by atoms with Crippen molar-refractivity contribution in [2.45, 2.75) is 13.0 Å². The molecule has 0 saturated carbocycles. The van der Waals surface area contributed by atoms with Gasteiger partial charge in [-0.3, -0.25) is 9.59 Å². The minimum absolute atomic E-state index is 0.125. The topological polar surface area (TPSA) is 77.3 Å². The van der Waals surface area contributed by atoms with Crippen LogP contribution >= 0.6 is 0 Å². The third-order valence-corrected chi connectivity index (χ3v) is 4.10. The SMILES string of the molecule is CN(CCOc1ccc(F)cc1)C(=O)CCn1nnc2ccccc2c1=O. The normalized spacial score (nSPS) is 10.7. The van der Waals surface area contributed by atoms with Crippen LogP contribution in [0.25, 0.3) is 10.9 Å². The van der Waals surface area contributed by atoms with Crippen LogP contribution in [0.15, 0.2) is 53.3 Å². The van der Waals surface area contributed by atoms with Gasteiger partial charge in [-0.15, -0.1) is 5.10 Å². The zero-order chi connectivity index (χ0) is 19.2. The van der Waals surface area contributed by atoms with Crippen molar-refractivity contribution in [1.82, 2.24) is 19.9 Å². The van der Waals surface area contributed by atoms with Gasteiger partial charge in [-0.05, 0) is 36.4 Å². The molecule has 0 fully saturated rings. The Labute approximate surface area is 155 Å². The van der Waals surface area contributed by atoms with E-state index in [4.69, 9.17) is 4.74 Å². The van der Waals surface area contributed by atoms with Crippen molar-refractivity contribution in [2.75, 3.05) is 20.2 Å². The summed E-state index contributed by atoms with van der Waals surface area (Å²) in [5.41, 5.74) is 0.260. The number of likely N-dealkylation sites (N-methyl/N-ethyl adjacent to an activating group) is 1. The quantitative estimate of drug-likeness (QED) is 0.634. The van der Waals surface area contributed by atoms with Crippen LogP contribution in [0.5, 0.6) is 5.75 Å². The third-order valence-electron chi connectivity index (χ3n) is 4.10. The Balaban J connectivity index is 1.50. The summed E-state index contributed by atoms with van der Waals surface area (Å²) in [6.07, 6.45) is 0.125. The Kier molecular flexibility index (Phi) is 5.75. The number of ether oxygens (including phenoxy) is 1. The fourth-order valence-corrected chi connectivity index (χ4v) is 2.52. The number of carbonyl (C=O) groups excluding carboxylic acids is 1. The van der Waals surface area contributed by atoms with Crippen molar-refractivity contribution in [1.29, 1.82) is 0 Å². The zero-order valence-electron chi connectivity index (χ0n) is 14.8. The Morgan fingerprint density at radius 2 is 1.93 bits per heavy atom. The highest BCUT2D eigenvalue weighted by Gasteiger charge is 2.11. The number of amides is 1. The van der Waals surface area contributed by atoms with Crippen LogP contribution in [-0.2, 0) is 11.3 Å². The molecule has 8 heteroatoms. The maximum atomic E-state index is 12.8. The second-order valence-electron chi connectivity index (χ2n) is 6.00. The van der Waals surface area contributed by atoms with Crippen LogP contribution in [-0.4, -0.2) is 46.0 Å². The van der Waals surface area contributed by atoms with Gasteiger partial charge in [0.1, 0.15) is 23.7 Å². The number of hydrogen-bond acceptors (Lipinski definition) is 5. The van der Waals surface area contributed by atoms with E-state index in [0.717, 1.165) is 0 Å². The smallest absolute Gasteiger partial charge is 0.277 e. The van der Waals surface area contributed by atoms with E-state index >= 15 is 0 Å². The standard InChI is InChI=1S/C19H19FN4O3/c1-23(12-13-27-15-8-6-14(20)7-9-15)18(25)10-11-24-19(26)16-4-2-3-5-17(16)21-22-24/h2-9H,10-13H2,1H3. The molecular weight excluding hydrogens is 351 g/mol. The zero-order valence-corrected chi connectivity index (χ0v) is 14.8. The first-order valence-corrected chi connectivity index (χ1v) is 8.49. The molecule has 0 bridgehead atoms. The first kappa shape index (κ1) is 18.5. The van der Waals surface area contributed by atoms with Crippen LogP contribution in [0, 0.1) is 5.82 Å². The number of aromatic nitrogens is 3. The number of aryl methyl sites for hydroxylation is 1. The van der Waals surface area contributed by atoms with Crippen LogP contribution in [0.2, 0.25) is 0 Å². The maximum absolute atomic E-state index is 12.8. The second kappa shape index (κ2) is 8.39. The Hall–Kier alpha value is -3.29. The lowest BCUT2D eigenvalue weighted by Crippen LogP contribution is -2.33. The molecule has 3 rings (SSSR count). The summed E-state index contributed by atoms with van der Waals surface area (Å²) >= 11 is 0. The molecule has 1 heterocycles. The summed E-state index contributed by atoms with van der Waals surface area (Å²) in [6, 6.07) is 12.6. The molecule has 2 aromatic carbocycles. The van der Waals surface area contributed by atoms with E-state index in [2.05, 4.69) is 10.3 Å². The van der Waals surface area contributed by atoms with Gasteiger partial charge in [-0.2, -0.15) is 0 Å². The summed E-state index contributed by atoms with van der Waals surface area (Å²) in [5, 5.41) is 8.34. The van der Waals surface area contributed by atoms with Crippen LogP contribution in [0.3, 0.4) is 0 Å². The Morgan fingerprint density at radius 1 is 1.19 bits per heavy atom. The predicted octanol–water partition coefficient (Wildman–Crippen LogP) is 1.86. The monoisotopic (exact) mass is 370 g/mol. The molecule has 0 aliphatic rings. The largest absolute Gasteiger partial charge is 0.492 e. The van der Waals surface area contributed by atoms with Crippen LogP contribution in [0.4, 0.5) is 4.39 Å². The van der Waals surface area contributed by atoms with Crippen LogP contribution < -0.4 is 10.3 Å². The van der Waals surface area contributed by atoms with Crippen molar-refractivity contribution in [3.8, 4) is 5.75 Å². The molecular formula is C19H19FN4O3. The minimum atomic E-state index is -0.332. The molecule has 0 atom stereocenters. The summed E-state index contributed by atoms with van der Waals surface area (Å²) in [5.74, 6) is 0.0662. The fraction of sp³-hybridized carbons (Fsp3) is 0.263. The van der Waals surface area contributed by atoms with E-state index in [0.29, 0.717) is 23.2 Å². The molecule has 1 amide bonds. The Morgan fingerprint density at radius 3 is 2.70 bits per heavy atom. The van der Waals surface area contributed by atoms with Gasteiger partial charge >= 0.3 is 0 Å². The molecule has 3 aromatic rings. The lowest BCUT2D eigenvalue weighted by molar-refractivity contribution is -0.130. The Bertz CT molecular complexity index is 988. The van der Waals surface area contributed by atoms with Crippen molar-refractivity contribution in [2.24, 2.45) is 0 Å². The number of carbonyl (C=O) groups is 1. The average molecular weight is 370 g/mol. The number of hydrogen-bond donors (Lipinski definition) is 0. The summed E-state index contributed by atoms with van der Waals surface area (Å²) in [4.78, 5) is 26.1. The molecule has 0 spiro atoms. The van der Waals surface area contributed by atoms with E-state index in [1.807, 2.05) is 0 Å². The number of rotatable bonds is 7. The van der Waals surface area contributed by atoms with Gasteiger partial charge < -0.3 is 9.64 Å². The van der Waals surface area contributed by atoms with Crippen molar-refractivity contribution in [3.63, 3.8) is 0 Å². The number of fused-ring (bicyclic) bond motifs is 1. The highest BCUT2D eigenvalue weighted by molar-refractivity contribution is 5.77. The van der Waals surface area contributed by atoms with Gasteiger partial charge in [0.2, 0.25) is 5.91 Å². The van der Waals surface area contributed by atoms with E-state index in [1.54, 1.807) is 31.3 Å². The molecule has 0 saturated heterocycles. The first-order valence-electron chi connectivity index (χ1n) is 8.49. The molecule has 7 nitrogen and oxygen atoms in total. The molecule has 0 unspecified atom stereocenters. The lowest BCUT2D eigenvalue weighted by atomic mass is 10.2. The number of halogens is 1. The minimum Gasteiger partial charge on any atom is -0.492 e. The molecule has 0 aliphatic heterocycles. The first-order chi connectivity index (χ1) is 13.0. The van der Waals surface area contributed by atoms with E-state index in [1.165, 1.54) is 33.8 Å². The molecule has 0 N–H and O–H groups in total. The van der Waals surface area contributed by atoms with Gasteiger partial charge in [0.15, 0.2) is 0 Å². The highest BCUT2D eigenvalue weighted by Crippen LogP contribution is 2.11.